The highest BCUT2D eigenvalue weighted by molar-refractivity contribution is 7.90. The number of halogens is 1. The fraction of sp³-hybridized carbons (Fsp3) is 0. The third kappa shape index (κ3) is 4.41. The first kappa shape index (κ1) is 18.0. The molecule has 0 fully saturated rings. The van der Waals surface area contributed by atoms with E-state index < -0.39 is 10.0 Å². The predicted molar refractivity (Wildman–Crippen MR) is 102 cm³/mol. The van der Waals surface area contributed by atoms with Gasteiger partial charge in [-0.05, 0) is 48.6 Å². The number of hydrogen-bond donors (Lipinski definition) is 0. The molecule has 130 valence electrons. The van der Waals surface area contributed by atoms with Crippen LogP contribution in [0.1, 0.15) is 5.56 Å². The van der Waals surface area contributed by atoms with E-state index in [-0.39, 0.29) is 16.5 Å². The number of nitrogens with zero attached hydrogens (tertiary/aromatic N) is 2. The first-order valence-corrected chi connectivity index (χ1v) is 9.41. The van der Waals surface area contributed by atoms with Gasteiger partial charge in [0.05, 0.1) is 10.6 Å². The zero-order valence-corrected chi connectivity index (χ0v) is 15.0. The fourth-order valence-electron chi connectivity index (χ4n) is 2.14. The zero-order valence-electron chi connectivity index (χ0n) is 13.4. The van der Waals surface area contributed by atoms with Gasteiger partial charge in [0, 0.05) is 10.6 Å². The first-order valence-electron chi connectivity index (χ1n) is 7.59. The molecular weight excluding hydrogens is 372 g/mol. The predicted octanol–water partition coefficient (Wildman–Crippen LogP) is 3.61. The Hall–Kier alpha value is -2.83. The Morgan fingerprint density at radius 3 is 2.08 bits per heavy atom. The molecule has 0 radical (unpaired) electrons. The number of allylic oxidation sites excluding steroid dienone is 4. The molecule has 0 heterocycles. The average Bonchev–Trinajstić information content (AvgIpc) is 2.64. The number of ketones is 1. The van der Waals surface area contributed by atoms with E-state index in [9.17, 15) is 13.2 Å². The Morgan fingerprint density at radius 1 is 0.846 bits per heavy atom. The van der Waals surface area contributed by atoms with Gasteiger partial charge in [0.2, 0.25) is 0 Å². The van der Waals surface area contributed by atoms with E-state index in [1.165, 1.54) is 48.6 Å². The van der Waals surface area contributed by atoms with Crippen LogP contribution in [0.4, 0.5) is 0 Å². The van der Waals surface area contributed by atoms with E-state index in [1.54, 1.807) is 30.3 Å². The molecule has 3 rings (SSSR count). The summed E-state index contributed by atoms with van der Waals surface area (Å²) in [6.45, 7) is 0. The van der Waals surface area contributed by atoms with Gasteiger partial charge in [0.15, 0.2) is 11.6 Å². The molecule has 0 amide bonds. The Bertz CT molecular complexity index is 1030. The molecule has 0 aliphatic heterocycles. The molecule has 0 spiro atoms. The first-order chi connectivity index (χ1) is 12.4. The topological polar surface area (TPSA) is 75.9 Å². The van der Waals surface area contributed by atoms with Crippen LogP contribution in [0.5, 0.6) is 0 Å². The highest BCUT2D eigenvalue weighted by Crippen LogP contribution is 2.18. The number of hydrogen-bond acceptors (Lipinski definition) is 3. The molecule has 5 nitrogen and oxygen atoms in total. The Balaban J connectivity index is 2.09. The highest BCUT2D eigenvalue weighted by Gasteiger charge is 2.16. The molecule has 26 heavy (non-hydrogen) atoms. The van der Waals surface area contributed by atoms with Gasteiger partial charge in [-0.1, -0.05) is 41.9 Å². The maximum Gasteiger partial charge on any atom is 0.284 e. The van der Waals surface area contributed by atoms with Crippen molar-refractivity contribution in [1.29, 1.82) is 0 Å². The molecule has 7 heteroatoms. The van der Waals surface area contributed by atoms with Crippen molar-refractivity contribution in [3.63, 3.8) is 0 Å². The van der Waals surface area contributed by atoms with E-state index in [4.69, 9.17) is 11.6 Å². The van der Waals surface area contributed by atoms with Crippen LogP contribution >= 0.6 is 11.6 Å². The molecular formula is C19H13ClN2O3S. The monoisotopic (exact) mass is 384 g/mol. The van der Waals surface area contributed by atoms with E-state index in [0.717, 1.165) is 0 Å². The van der Waals surface area contributed by atoms with Gasteiger partial charge in [-0.25, -0.2) is 4.99 Å². The van der Waals surface area contributed by atoms with Gasteiger partial charge >= 0.3 is 0 Å². The lowest BCUT2D eigenvalue weighted by molar-refractivity contribution is -0.110. The van der Waals surface area contributed by atoms with E-state index >= 15 is 0 Å². The number of carbonyl (C=O) groups is 1. The number of benzene rings is 2. The molecule has 0 N–H and O–H groups in total. The molecule has 2 aromatic rings. The van der Waals surface area contributed by atoms with Crippen LogP contribution in [0.25, 0.3) is 0 Å². The summed E-state index contributed by atoms with van der Waals surface area (Å²) in [7, 11) is -3.98. The third-order valence-electron chi connectivity index (χ3n) is 3.42. The molecule has 0 unspecified atom stereocenters. The molecule has 2 aromatic carbocycles. The number of carbonyl (C=O) groups excluding carboxylic acids is 1. The zero-order chi connectivity index (χ0) is 18.6. The Kier molecular flexibility index (Phi) is 5.25. The quantitative estimate of drug-likeness (QED) is 0.460. The molecule has 1 aliphatic carbocycles. The summed E-state index contributed by atoms with van der Waals surface area (Å²) in [6, 6.07) is 14.5. The summed E-state index contributed by atoms with van der Waals surface area (Å²) in [6.07, 6.45) is 5.73. The normalized spacial score (nSPS) is 14.6. The Morgan fingerprint density at radius 2 is 1.46 bits per heavy atom. The summed E-state index contributed by atoms with van der Waals surface area (Å²) in [5.41, 5.74) is 0.967. The van der Waals surface area contributed by atoms with E-state index in [2.05, 4.69) is 9.39 Å². The summed E-state index contributed by atoms with van der Waals surface area (Å²) in [5, 5.41) is 0.429. The minimum Gasteiger partial charge on any atom is -0.290 e. The van der Waals surface area contributed by atoms with Gasteiger partial charge in [-0.2, -0.15) is 8.42 Å². The SMILES string of the molecule is O=C1C=CC(=N/C(=N/S(=O)(=O)c2ccc(Cl)cc2)c2ccccc2)C=C1. The standard InChI is InChI=1S/C19H13ClN2O3S/c20-15-6-12-18(13-7-15)26(24,25)22-19(14-4-2-1-3-5-14)21-16-8-10-17(23)11-9-16/h1-13H/b22-19+. The van der Waals surface area contributed by atoms with Crippen LogP contribution in [0.3, 0.4) is 0 Å². The average molecular weight is 385 g/mol. The lowest BCUT2D eigenvalue weighted by Crippen LogP contribution is -2.08. The summed E-state index contributed by atoms with van der Waals surface area (Å²) >= 11 is 5.81. The lowest BCUT2D eigenvalue weighted by atomic mass is 10.1. The molecule has 0 saturated heterocycles. The Labute approximate surface area is 156 Å². The van der Waals surface area contributed by atoms with Crippen molar-refractivity contribution in [2.24, 2.45) is 9.39 Å². The summed E-state index contributed by atoms with van der Waals surface area (Å²) in [4.78, 5) is 15.6. The highest BCUT2D eigenvalue weighted by atomic mass is 35.5. The number of aliphatic imine (C=N–C) groups is 1. The third-order valence-corrected chi connectivity index (χ3v) is 4.96. The number of sulfonamides is 1. The van der Waals surface area contributed by atoms with Crippen LogP contribution < -0.4 is 0 Å². The van der Waals surface area contributed by atoms with E-state index in [0.29, 0.717) is 16.3 Å². The number of rotatable bonds is 3. The van der Waals surface area contributed by atoms with Crippen molar-refractivity contribution >= 4 is 39.0 Å². The van der Waals surface area contributed by atoms with Gasteiger partial charge in [0.25, 0.3) is 10.0 Å². The van der Waals surface area contributed by atoms with Crippen molar-refractivity contribution < 1.29 is 13.2 Å². The fourth-order valence-corrected chi connectivity index (χ4v) is 3.23. The van der Waals surface area contributed by atoms with Crippen LogP contribution in [0.2, 0.25) is 5.02 Å². The molecule has 0 atom stereocenters. The van der Waals surface area contributed by atoms with Crippen molar-refractivity contribution in [3.8, 4) is 0 Å². The maximum atomic E-state index is 12.6. The second kappa shape index (κ2) is 7.59. The molecule has 0 saturated carbocycles. The van der Waals surface area contributed by atoms with Gasteiger partial charge < -0.3 is 0 Å². The van der Waals surface area contributed by atoms with Gasteiger partial charge in [-0.3, -0.25) is 4.79 Å². The molecule has 0 aromatic heterocycles. The van der Waals surface area contributed by atoms with Crippen molar-refractivity contribution in [2.75, 3.05) is 0 Å². The van der Waals surface area contributed by atoms with Crippen molar-refractivity contribution in [1.82, 2.24) is 0 Å². The van der Waals surface area contributed by atoms with Crippen LogP contribution in [-0.4, -0.2) is 25.7 Å². The van der Waals surface area contributed by atoms with E-state index in [1.807, 2.05) is 0 Å². The van der Waals surface area contributed by atoms with Crippen LogP contribution in [0.15, 0.2) is 93.2 Å². The molecule has 0 bridgehead atoms. The van der Waals surface area contributed by atoms with Crippen LogP contribution in [0, 0.1) is 0 Å². The maximum absolute atomic E-state index is 12.6. The summed E-state index contributed by atoms with van der Waals surface area (Å²) < 4.78 is 29.2. The van der Waals surface area contributed by atoms with Gasteiger partial charge in [-0.15, -0.1) is 4.40 Å². The van der Waals surface area contributed by atoms with Crippen LogP contribution in [-0.2, 0) is 14.8 Å². The minimum atomic E-state index is -3.98. The lowest BCUT2D eigenvalue weighted by Gasteiger charge is -2.05. The minimum absolute atomic E-state index is 0.0143. The molecule has 1 aliphatic rings. The smallest absolute Gasteiger partial charge is 0.284 e. The van der Waals surface area contributed by atoms with Gasteiger partial charge in [0.1, 0.15) is 0 Å². The number of amidine groups is 1. The second-order valence-corrected chi connectivity index (χ2v) is 7.36. The summed E-state index contributed by atoms with van der Waals surface area (Å²) in [5.74, 6) is -0.130. The largest absolute Gasteiger partial charge is 0.290 e. The van der Waals surface area contributed by atoms with Crippen molar-refractivity contribution in [2.45, 2.75) is 4.90 Å². The van der Waals surface area contributed by atoms with Crippen molar-refractivity contribution in [3.05, 3.63) is 89.5 Å². The second-order valence-electron chi connectivity index (χ2n) is 5.32.